The molecule has 0 saturated carbocycles. The fourth-order valence-corrected chi connectivity index (χ4v) is 3.86. The van der Waals surface area contributed by atoms with E-state index in [1.807, 2.05) is 49.1 Å². The summed E-state index contributed by atoms with van der Waals surface area (Å²) in [7, 11) is 0. The molecule has 0 atom stereocenters. The maximum absolute atomic E-state index is 11.9. The van der Waals surface area contributed by atoms with Gasteiger partial charge in [0.05, 0.1) is 4.92 Å². The van der Waals surface area contributed by atoms with Crippen LogP contribution in [0.2, 0.25) is 0 Å². The molecule has 0 aliphatic carbocycles. The summed E-state index contributed by atoms with van der Waals surface area (Å²) in [5.41, 5.74) is 3.99. The van der Waals surface area contributed by atoms with Crippen LogP contribution in [0.25, 0.3) is 0 Å². The predicted octanol–water partition coefficient (Wildman–Crippen LogP) is 4.07. The van der Waals surface area contributed by atoms with Crippen molar-refractivity contribution in [3.63, 3.8) is 0 Å². The Kier molecular flexibility index (Phi) is 5.47. The SMILES string of the molecule is Cc1cc(C)cc(Nc2ncnc(N3CCN(c4ccccc4)CC3)c2[N+](=O)[O-])c1. The molecular weight excluding hydrogens is 380 g/mol. The number of para-hydroxylation sites is 1. The summed E-state index contributed by atoms with van der Waals surface area (Å²) in [6.45, 7) is 6.82. The zero-order chi connectivity index (χ0) is 21.1. The Balaban J connectivity index is 1.58. The second kappa shape index (κ2) is 8.36. The van der Waals surface area contributed by atoms with Crippen molar-refractivity contribution in [1.82, 2.24) is 9.97 Å². The van der Waals surface area contributed by atoms with Crippen LogP contribution in [-0.4, -0.2) is 41.1 Å². The number of benzene rings is 2. The van der Waals surface area contributed by atoms with Gasteiger partial charge < -0.3 is 15.1 Å². The van der Waals surface area contributed by atoms with E-state index in [0.29, 0.717) is 18.9 Å². The van der Waals surface area contributed by atoms with Crippen LogP contribution in [-0.2, 0) is 0 Å². The quantitative estimate of drug-likeness (QED) is 0.506. The fourth-order valence-electron chi connectivity index (χ4n) is 3.86. The average Bonchev–Trinajstić information content (AvgIpc) is 2.73. The third-order valence-corrected chi connectivity index (χ3v) is 5.17. The van der Waals surface area contributed by atoms with Gasteiger partial charge in [0.25, 0.3) is 0 Å². The van der Waals surface area contributed by atoms with Gasteiger partial charge >= 0.3 is 5.69 Å². The van der Waals surface area contributed by atoms with Gasteiger partial charge in [-0.15, -0.1) is 0 Å². The Morgan fingerprint density at radius 3 is 2.20 bits per heavy atom. The Bertz CT molecular complexity index is 1030. The van der Waals surface area contributed by atoms with Crippen LogP contribution in [0, 0.1) is 24.0 Å². The molecule has 1 aliphatic heterocycles. The Morgan fingerprint density at radius 2 is 1.57 bits per heavy atom. The summed E-state index contributed by atoms with van der Waals surface area (Å²) in [6.07, 6.45) is 1.39. The molecular formula is C22H24N6O2. The van der Waals surface area contributed by atoms with Gasteiger partial charge in [-0.3, -0.25) is 10.1 Å². The van der Waals surface area contributed by atoms with Gasteiger partial charge in [-0.05, 0) is 49.2 Å². The number of aryl methyl sites for hydroxylation is 2. The molecule has 1 aliphatic rings. The minimum Gasteiger partial charge on any atom is -0.368 e. The van der Waals surface area contributed by atoms with E-state index in [2.05, 4.69) is 38.4 Å². The number of nitrogens with zero attached hydrogens (tertiary/aromatic N) is 5. The number of piperazine rings is 1. The highest BCUT2D eigenvalue weighted by molar-refractivity contribution is 5.75. The highest BCUT2D eigenvalue weighted by atomic mass is 16.6. The lowest BCUT2D eigenvalue weighted by Gasteiger charge is -2.36. The second-order valence-corrected chi connectivity index (χ2v) is 7.46. The monoisotopic (exact) mass is 404 g/mol. The molecule has 2 heterocycles. The van der Waals surface area contributed by atoms with Crippen LogP contribution in [0.1, 0.15) is 11.1 Å². The molecule has 8 heteroatoms. The molecule has 30 heavy (non-hydrogen) atoms. The zero-order valence-corrected chi connectivity index (χ0v) is 17.1. The van der Waals surface area contributed by atoms with Gasteiger partial charge in [-0.1, -0.05) is 24.3 Å². The largest absolute Gasteiger partial charge is 0.368 e. The van der Waals surface area contributed by atoms with Gasteiger partial charge in [-0.25, -0.2) is 9.97 Å². The standard InChI is InChI=1S/C22H24N6O2/c1-16-12-17(2)14-18(13-16)25-21-20(28(29)30)22(24-15-23-21)27-10-8-26(9-11-27)19-6-4-3-5-7-19/h3-7,12-15H,8-11H2,1-2H3,(H,23,24,25). The minimum absolute atomic E-state index is 0.0928. The first-order valence-corrected chi connectivity index (χ1v) is 9.91. The number of hydrogen-bond donors (Lipinski definition) is 1. The summed E-state index contributed by atoms with van der Waals surface area (Å²) in [6, 6.07) is 16.1. The van der Waals surface area contributed by atoms with E-state index >= 15 is 0 Å². The van der Waals surface area contributed by atoms with E-state index in [0.717, 1.165) is 35.6 Å². The first-order chi connectivity index (χ1) is 14.5. The number of rotatable bonds is 5. The molecule has 0 unspecified atom stereocenters. The van der Waals surface area contributed by atoms with E-state index in [-0.39, 0.29) is 11.5 Å². The summed E-state index contributed by atoms with van der Waals surface area (Å²) in [4.78, 5) is 24.2. The minimum atomic E-state index is -0.399. The number of anilines is 4. The predicted molar refractivity (Wildman–Crippen MR) is 119 cm³/mol. The fraction of sp³-hybridized carbons (Fsp3) is 0.273. The topological polar surface area (TPSA) is 87.4 Å². The van der Waals surface area contributed by atoms with Gasteiger partial charge in [0.15, 0.2) is 0 Å². The molecule has 1 N–H and O–H groups in total. The Hall–Kier alpha value is -3.68. The molecule has 0 radical (unpaired) electrons. The molecule has 1 aromatic heterocycles. The number of nitro groups is 1. The van der Waals surface area contributed by atoms with Gasteiger partial charge in [0, 0.05) is 37.6 Å². The normalized spacial score (nSPS) is 13.9. The molecule has 2 aromatic carbocycles. The Morgan fingerprint density at radius 1 is 0.933 bits per heavy atom. The number of aromatic nitrogens is 2. The van der Waals surface area contributed by atoms with E-state index in [9.17, 15) is 10.1 Å². The molecule has 0 spiro atoms. The lowest BCUT2D eigenvalue weighted by molar-refractivity contribution is -0.383. The Labute approximate surface area is 175 Å². The summed E-state index contributed by atoms with van der Waals surface area (Å²) in [5, 5.41) is 15.1. The molecule has 1 saturated heterocycles. The maximum Gasteiger partial charge on any atom is 0.353 e. The first kappa shape index (κ1) is 19.6. The third kappa shape index (κ3) is 4.17. The smallest absolute Gasteiger partial charge is 0.353 e. The van der Waals surface area contributed by atoms with Crippen molar-refractivity contribution in [3.05, 3.63) is 76.1 Å². The first-order valence-electron chi connectivity index (χ1n) is 9.91. The molecule has 8 nitrogen and oxygen atoms in total. The van der Waals surface area contributed by atoms with Crippen LogP contribution in [0.4, 0.5) is 28.7 Å². The van der Waals surface area contributed by atoms with Crippen molar-refractivity contribution in [2.45, 2.75) is 13.8 Å². The van der Waals surface area contributed by atoms with E-state index in [1.54, 1.807) is 0 Å². The molecule has 3 aromatic rings. The van der Waals surface area contributed by atoms with Crippen LogP contribution >= 0.6 is 0 Å². The van der Waals surface area contributed by atoms with Crippen LogP contribution in [0.3, 0.4) is 0 Å². The highest BCUT2D eigenvalue weighted by Gasteiger charge is 2.29. The number of nitrogens with one attached hydrogen (secondary N) is 1. The number of hydrogen-bond acceptors (Lipinski definition) is 7. The van der Waals surface area contributed by atoms with Gasteiger partial charge in [0.1, 0.15) is 6.33 Å². The molecule has 1 fully saturated rings. The lowest BCUT2D eigenvalue weighted by Crippen LogP contribution is -2.47. The van der Waals surface area contributed by atoms with Crippen molar-refractivity contribution in [2.24, 2.45) is 0 Å². The van der Waals surface area contributed by atoms with Crippen molar-refractivity contribution in [3.8, 4) is 0 Å². The molecule has 154 valence electrons. The van der Waals surface area contributed by atoms with Crippen molar-refractivity contribution in [1.29, 1.82) is 0 Å². The average molecular weight is 404 g/mol. The highest BCUT2D eigenvalue weighted by Crippen LogP contribution is 2.34. The van der Waals surface area contributed by atoms with Crippen LogP contribution < -0.4 is 15.1 Å². The third-order valence-electron chi connectivity index (χ3n) is 5.17. The van der Waals surface area contributed by atoms with E-state index < -0.39 is 4.92 Å². The van der Waals surface area contributed by atoms with E-state index in [4.69, 9.17) is 0 Å². The van der Waals surface area contributed by atoms with Crippen LogP contribution in [0.5, 0.6) is 0 Å². The zero-order valence-electron chi connectivity index (χ0n) is 17.1. The summed E-state index contributed by atoms with van der Waals surface area (Å²) in [5.74, 6) is 0.565. The van der Waals surface area contributed by atoms with Gasteiger partial charge in [0.2, 0.25) is 11.6 Å². The maximum atomic E-state index is 11.9. The van der Waals surface area contributed by atoms with E-state index in [1.165, 1.54) is 6.33 Å². The van der Waals surface area contributed by atoms with Gasteiger partial charge in [-0.2, -0.15) is 0 Å². The summed E-state index contributed by atoms with van der Waals surface area (Å²) >= 11 is 0. The molecule has 0 amide bonds. The van der Waals surface area contributed by atoms with Crippen LogP contribution in [0.15, 0.2) is 54.9 Å². The lowest BCUT2D eigenvalue weighted by atomic mass is 10.1. The summed E-state index contributed by atoms with van der Waals surface area (Å²) < 4.78 is 0. The van der Waals surface area contributed by atoms with Crippen molar-refractivity contribution in [2.75, 3.05) is 41.3 Å². The van der Waals surface area contributed by atoms with Crippen molar-refractivity contribution >= 4 is 28.7 Å². The second-order valence-electron chi connectivity index (χ2n) is 7.46. The molecule has 0 bridgehead atoms. The molecule has 4 rings (SSSR count). The van der Waals surface area contributed by atoms with Crippen molar-refractivity contribution < 1.29 is 4.92 Å².